The fraction of sp³-hybridized carbons (Fsp3) is 0.194. The average Bonchev–Trinajstić information content (AvgIpc) is 3.35. The molecule has 0 saturated carbocycles. The third kappa shape index (κ3) is 5.34. The number of H-pyrrole nitrogens is 1. The number of hydrogen-bond acceptors (Lipinski definition) is 3. The maximum atomic E-state index is 12.1. The summed E-state index contributed by atoms with van der Waals surface area (Å²) in [7, 11) is 0. The summed E-state index contributed by atoms with van der Waals surface area (Å²) in [6.07, 6.45) is 3.97. The van der Waals surface area contributed by atoms with E-state index in [4.69, 9.17) is 4.74 Å². The Hall–Kier alpha value is -4.14. The minimum atomic E-state index is -0.501. The van der Waals surface area contributed by atoms with Crippen LogP contribution in [0.1, 0.15) is 48.8 Å². The number of aromatic nitrogens is 2. The van der Waals surface area contributed by atoms with E-state index in [0.717, 1.165) is 34.0 Å². The number of rotatable bonds is 9. The maximum absolute atomic E-state index is 12.1. The van der Waals surface area contributed by atoms with Gasteiger partial charge in [0, 0.05) is 28.5 Å². The third-order valence-electron chi connectivity index (χ3n) is 6.23. The molecule has 0 saturated heterocycles. The van der Waals surface area contributed by atoms with E-state index in [1.165, 1.54) is 11.6 Å². The Labute approximate surface area is 206 Å². The van der Waals surface area contributed by atoms with E-state index in [-0.39, 0.29) is 11.8 Å². The lowest BCUT2D eigenvalue weighted by Gasteiger charge is -2.31. The van der Waals surface area contributed by atoms with Gasteiger partial charge in [-0.05, 0) is 47.6 Å². The van der Waals surface area contributed by atoms with Crippen LogP contribution in [0.5, 0.6) is 5.75 Å². The first-order valence-electron chi connectivity index (χ1n) is 11.8. The van der Waals surface area contributed by atoms with Crippen LogP contribution in [0, 0.1) is 5.92 Å². The highest BCUT2D eigenvalue weighted by atomic mass is 16.5. The highest BCUT2D eigenvalue weighted by Crippen LogP contribution is 2.47. The lowest BCUT2D eigenvalue weighted by molar-refractivity contribution is -0.128. The van der Waals surface area contributed by atoms with Gasteiger partial charge in [-0.15, -0.1) is 5.73 Å². The van der Waals surface area contributed by atoms with E-state index in [9.17, 15) is 4.79 Å². The van der Waals surface area contributed by atoms with Gasteiger partial charge < -0.3 is 4.74 Å². The Bertz CT molecular complexity index is 1380. The monoisotopic (exact) mass is 462 g/mol. The van der Waals surface area contributed by atoms with E-state index in [1.807, 2.05) is 30.5 Å². The second kappa shape index (κ2) is 10.9. The molecule has 0 fully saturated rings. The van der Waals surface area contributed by atoms with Gasteiger partial charge in [-0.1, -0.05) is 81.6 Å². The highest BCUT2D eigenvalue weighted by Gasteiger charge is 2.31. The normalized spacial score (nSPS) is 12.7. The fourth-order valence-electron chi connectivity index (χ4n) is 4.73. The molecular formula is C31H30N2O2. The maximum Gasteiger partial charge on any atom is 0.335 e. The lowest BCUT2D eigenvalue weighted by atomic mass is 9.72. The number of nitrogens with one attached hydrogen (secondary N) is 1. The van der Waals surface area contributed by atoms with Crippen LogP contribution < -0.4 is 4.74 Å². The molecule has 0 aliphatic heterocycles. The summed E-state index contributed by atoms with van der Waals surface area (Å²) in [5.74, 6) is 0.488. The molecule has 2 atom stereocenters. The number of allylic oxidation sites excluding steroid dienone is 1. The van der Waals surface area contributed by atoms with E-state index in [2.05, 4.69) is 85.4 Å². The van der Waals surface area contributed by atoms with Gasteiger partial charge in [-0.25, -0.2) is 4.79 Å². The van der Waals surface area contributed by atoms with Gasteiger partial charge in [0.25, 0.3) is 0 Å². The second-order valence-electron chi connectivity index (χ2n) is 9.05. The lowest BCUT2D eigenvalue weighted by Crippen LogP contribution is -2.16. The number of hydrogen-bond donors (Lipinski definition) is 1. The molecule has 0 aliphatic rings. The molecule has 4 rings (SSSR count). The largest absolute Gasteiger partial charge is 0.423 e. The predicted molar refractivity (Wildman–Crippen MR) is 142 cm³/mol. The first kappa shape index (κ1) is 24.0. The van der Waals surface area contributed by atoms with Crippen molar-refractivity contribution in [1.82, 2.24) is 10.2 Å². The Kier molecular flexibility index (Phi) is 7.45. The molecule has 176 valence electrons. The zero-order valence-electron chi connectivity index (χ0n) is 20.2. The van der Waals surface area contributed by atoms with Crippen molar-refractivity contribution in [3.63, 3.8) is 0 Å². The van der Waals surface area contributed by atoms with Crippen molar-refractivity contribution < 1.29 is 9.53 Å². The van der Waals surface area contributed by atoms with Crippen LogP contribution in [-0.2, 0) is 4.79 Å². The number of para-hydroxylation sites is 1. The first-order valence-corrected chi connectivity index (χ1v) is 11.8. The highest BCUT2D eigenvalue weighted by molar-refractivity contribution is 5.86. The summed E-state index contributed by atoms with van der Waals surface area (Å²) >= 11 is 0. The molecule has 1 N–H and O–H groups in total. The minimum Gasteiger partial charge on any atom is -0.423 e. The number of esters is 1. The fourth-order valence-corrected chi connectivity index (χ4v) is 4.73. The van der Waals surface area contributed by atoms with Crippen molar-refractivity contribution >= 4 is 22.4 Å². The molecule has 1 aromatic heterocycles. The molecule has 0 aliphatic carbocycles. The molecule has 4 nitrogen and oxygen atoms in total. The summed E-state index contributed by atoms with van der Waals surface area (Å²) in [6.45, 7) is 12.1. The second-order valence-corrected chi connectivity index (χ2v) is 9.05. The van der Waals surface area contributed by atoms with Gasteiger partial charge in [0.15, 0.2) is 0 Å². The van der Waals surface area contributed by atoms with Crippen LogP contribution in [-0.4, -0.2) is 16.2 Å². The van der Waals surface area contributed by atoms with Crippen molar-refractivity contribution in [3.05, 3.63) is 121 Å². The number of carbonyl (C=O) groups excluding carboxylic acids is 1. The van der Waals surface area contributed by atoms with Gasteiger partial charge in [-0.3, -0.25) is 5.10 Å². The zero-order chi connectivity index (χ0) is 24.8. The van der Waals surface area contributed by atoms with Crippen LogP contribution in [0.3, 0.4) is 0 Å². The first-order chi connectivity index (χ1) is 17.0. The average molecular weight is 463 g/mol. The van der Waals surface area contributed by atoms with Crippen molar-refractivity contribution in [3.8, 4) is 5.75 Å². The molecule has 35 heavy (non-hydrogen) atoms. The van der Waals surface area contributed by atoms with Gasteiger partial charge in [0.2, 0.25) is 0 Å². The molecule has 3 aromatic carbocycles. The number of fused-ring (bicyclic) bond motifs is 1. The van der Waals surface area contributed by atoms with Gasteiger partial charge in [0.1, 0.15) is 5.75 Å². The molecule has 1 heterocycles. The summed E-state index contributed by atoms with van der Waals surface area (Å²) in [5, 5.41) is 8.29. The Morgan fingerprint density at radius 1 is 1.06 bits per heavy atom. The van der Waals surface area contributed by atoms with Crippen molar-refractivity contribution in [1.29, 1.82) is 0 Å². The number of ether oxygens (including phenoxy) is 1. The van der Waals surface area contributed by atoms with Crippen LogP contribution >= 0.6 is 0 Å². The summed E-state index contributed by atoms with van der Waals surface area (Å²) in [4.78, 5) is 12.1. The van der Waals surface area contributed by atoms with Crippen LogP contribution in [0.4, 0.5) is 0 Å². The van der Waals surface area contributed by atoms with E-state index in [0.29, 0.717) is 11.7 Å². The summed E-state index contributed by atoms with van der Waals surface area (Å²) in [6, 6.07) is 24.5. The molecule has 4 aromatic rings. The van der Waals surface area contributed by atoms with Crippen LogP contribution in [0.2, 0.25) is 0 Å². The Morgan fingerprint density at radius 3 is 2.51 bits per heavy atom. The van der Waals surface area contributed by atoms with E-state index >= 15 is 0 Å². The van der Waals surface area contributed by atoms with Crippen molar-refractivity contribution in [2.45, 2.75) is 32.1 Å². The summed E-state index contributed by atoms with van der Waals surface area (Å²) < 4.78 is 5.63. The van der Waals surface area contributed by atoms with E-state index < -0.39 is 5.97 Å². The number of benzene rings is 3. The van der Waals surface area contributed by atoms with Gasteiger partial charge >= 0.3 is 5.97 Å². The standard InChI is InChI=1S/C31H30N2O2/c1-5-25(26-14-10-11-15-29(26)35-30(34)6-2)31(23-16-17-28-24(19-23)20-32-33-28)27(18-21(3)4)22-12-8-7-9-13-22/h6-17,19-21,27,31H,1-2,18H2,3-4H3,(H,32,33). The molecule has 0 amide bonds. The van der Waals surface area contributed by atoms with Crippen LogP contribution in [0.15, 0.2) is 104 Å². The van der Waals surface area contributed by atoms with E-state index in [1.54, 1.807) is 6.07 Å². The zero-order valence-corrected chi connectivity index (χ0v) is 20.2. The van der Waals surface area contributed by atoms with Gasteiger partial charge in [-0.2, -0.15) is 5.10 Å². The topological polar surface area (TPSA) is 55.0 Å². The molecule has 0 bridgehead atoms. The number of aromatic amines is 1. The van der Waals surface area contributed by atoms with Gasteiger partial charge in [0.05, 0.1) is 11.7 Å². The SMILES string of the molecule is C=C=C(c1ccccc1OC(=O)C=C)C(c1ccc2[nH]ncc2c1)C(CC(C)C)c1ccccc1. The molecular weight excluding hydrogens is 432 g/mol. The van der Waals surface area contributed by atoms with Crippen LogP contribution in [0.25, 0.3) is 16.5 Å². The smallest absolute Gasteiger partial charge is 0.335 e. The van der Waals surface area contributed by atoms with Crippen molar-refractivity contribution in [2.75, 3.05) is 0 Å². The minimum absolute atomic E-state index is 0.0832. The predicted octanol–water partition coefficient (Wildman–Crippen LogP) is 7.44. The number of carbonyl (C=O) groups is 1. The van der Waals surface area contributed by atoms with Crippen molar-refractivity contribution in [2.24, 2.45) is 5.92 Å². The molecule has 0 radical (unpaired) electrons. The summed E-state index contributed by atoms with van der Waals surface area (Å²) in [5.41, 5.74) is 8.27. The Morgan fingerprint density at radius 2 is 1.80 bits per heavy atom. The quantitative estimate of drug-likeness (QED) is 0.122. The number of nitrogens with zero attached hydrogens (tertiary/aromatic N) is 1. The molecule has 4 heteroatoms. The third-order valence-corrected chi connectivity index (χ3v) is 6.23. The Balaban J connectivity index is 1.94. The molecule has 2 unspecified atom stereocenters. The molecule has 0 spiro atoms.